The molecule has 0 saturated heterocycles. The Hall–Kier alpha value is -0.0900. The van der Waals surface area contributed by atoms with Crippen LogP contribution >= 0.6 is 22.6 Å². The Morgan fingerprint density at radius 2 is 2.07 bits per heavy atom. The maximum absolute atomic E-state index is 3.43. The second kappa shape index (κ2) is 5.85. The van der Waals surface area contributed by atoms with Gasteiger partial charge in [0.05, 0.1) is 0 Å². The second-order valence-electron chi connectivity index (χ2n) is 4.13. The molecule has 0 amide bonds. The quantitative estimate of drug-likeness (QED) is 0.831. The predicted octanol–water partition coefficient (Wildman–Crippen LogP) is 3.91. The first kappa shape index (κ1) is 13.0. The van der Waals surface area contributed by atoms with Crippen molar-refractivity contribution in [3.05, 3.63) is 32.9 Å². The van der Waals surface area contributed by atoms with Gasteiger partial charge in [0, 0.05) is 9.61 Å². The molecule has 0 radical (unpaired) electrons. The summed E-state index contributed by atoms with van der Waals surface area (Å²) in [6.07, 6.45) is 1.20. The summed E-state index contributed by atoms with van der Waals surface area (Å²) in [4.78, 5) is 0. The number of rotatable bonds is 4. The maximum atomic E-state index is 3.43. The van der Waals surface area contributed by atoms with Gasteiger partial charge in [-0.25, -0.2) is 0 Å². The molecule has 2 unspecified atom stereocenters. The minimum atomic E-state index is 0.474. The van der Waals surface area contributed by atoms with Gasteiger partial charge in [0.1, 0.15) is 0 Å². The number of hydrogen-bond donors (Lipinski definition) is 1. The Bertz CT molecular complexity index is 322. The van der Waals surface area contributed by atoms with Gasteiger partial charge in [-0.05, 0) is 53.6 Å². The van der Waals surface area contributed by atoms with Crippen LogP contribution in [0.1, 0.15) is 37.4 Å². The maximum Gasteiger partial charge on any atom is 0.0354 e. The molecule has 0 aromatic heterocycles. The van der Waals surface area contributed by atoms with E-state index in [4.69, 9.17) is 0 Å². The van der Waals surface area contributed by atoms with Crippen LogP contribution in [0.25, 0.3) is 0 Å². The fourth-order valence-electron chi connectivity index (χ4n) is 1.89. The van der Waals surface area contributed by atoms with Crippen LogP contribution in [0.4, 0.5) is 0 Å². The zero-order valence-corrected chi connectivity index (χ0v) is 12.1. The molecular formula is C13H20IN. The molecule has 1 aromatic rings. The lowest BCUT2D eigenvalue weighted by Crippen LogP contribution is -2.24. The smallest absolute Gasteiger partial charge is 0.0354 e. The van der Waals surface area contributed by atoms with E-state index in [2.05, 4.69) is 73.9 Å². The molecule has 1 rings (SSSR count). The summed E-state index contributed by atoms with van der Waals surface area (Å²) in [5.41, 5.74) is 2.81. The molecule has 0 spiro atoms. The summed E-state index contributed by atoms with van der Waals surface area (Å²) in [5.74, 6) is 0.672. The highest BCUT2D eigenvalue weighted by molar-refractivity contribution is 14.1. The van der Waals surface area contributed by atoms with Crippen LogP contribution < -0.4 is 5.32 Å². The molecule has 0 bridgehead atoms. The zero-order chi connectivity index (χ0) is 11.4. The second-order valence-corrected chi connectivity index (χ2v) is 5.21. The third kappa shape index (κ3) is 2.94. The third-order valence-corrected chi connectivity index (χ3v) is 4.55. The van der Waals surface area contributed by atoms with E-state index < -0.39 is 0 Å². The summed E-state index contributed by atoms with van der Waals surface area (Å²) in [6.45, 7) is 6.73. The van der Waals surface area contributed by atoms with Gasteiger partial charge in [-0.1, -0.05) is 38.5 Å². The Morgan fingerprint density at radius 3 is 2.60 bits per heavy atom. The average Bonchev–Trinajstić information content (AvgIpc) is 2.24. The van der Waals surface area contributed by atoms with E-state index in [-0.39, 0.29) is 0 Å². The highest BCUT2D eigenvalue weighted by Crippen LogP contribution is 2.29. The van der Waals surface area contributed by atoms with E-state index in [1.807, 2.05) is 0 Å². The Morgan fingerprint density at radius 1 is 1.40 bits per heavy atom. The van der Waals surface area contributed by atoms with Crippen molar-refractivity contribution in [1.82, 2.24) is 5.32 Å². The van der Waals surface area contributed by atoms with E-state index in [1.54, 1.807) is 0 Å². The fourth-order valence-corrected chi connectivity index (χ4v) is 2.59. The molecule has 1 nitrogen and oxygen atoms in total. The number of hydrogen-bond acceptors (Lipinski definition) is 1. The number of benzene rings is 1. The molecular weight excluding hydrogens is 297 g/mol. The van der Waals surface area contributed by atoms with Crippen molar-refractivity contribution in [3.8, 4) is 0 Å². The van der Waals surface area contributed by atoms with Crippen molar-refractivity contribution in [2.75, 3.05) is 7.05 Å². The summed E-state index contributed by atoms with van der Waals surface area (Å²) >= 11 is 2.45. The number of halogens is 1. The molecule has 0 heterocycles. The van der Waals surface area contributed by atoms with Crippen LogP contribution in [0, 0.1) is 16.4 Å². The summed E-state index contributed by atoms with van der Waals surface area (Å²) in [6, 6.07) is 7.04. The first-order valence-electron chi connectivity index (χ1n) is 5.54. The lowest BCUT2D eigenvalue weighted by atomic mass is 9.92. The van der Waals surface area contributed by atoms with Crippen molar-refractivity contribution in [2.24, 2.45) is 5.92 Å². The van der Waals surface area contributed by atoms with E-state index in [0.717, 1.165) is 0 Å². The number of nitrogens with one attached hydrogen (secondary N) is 1. The topological polar surface area (TPSA) is 12.0 Å². The van der Waals surface area contributed by atoms with Crippen LogP contribution in [-0.4, -0.2) is 7.05 Å². The van der Waals surface area contributed by atoms with E-state index in [0.29, 0.717) is 12.0 Å². The molecule has 0 aliphatic rings. The SMILES string of the molecule is CCC(C)C(NC)c1cccc(C)c1I. The monoisotopic (exact) mass is 317 g/mol. The third-order valence-electron chi connectivity index (χ3n) is 3.08. The van der Waals surface area contributed by atoms with Crippen LogP contribution in [0.3, 0.4) is 0 Å². The van der Waals surface area contributed by atoms with Gasteiger partial charge in [-0.15, -0.1) is 0 Å². The van der Waals surface area contributed by atoms with Crippen LogP contribution in [0.2, 0.25) is 0 Å². The van der Waals surface area contributed by atoms with Gasteiger partial charge < -0.3 is 5.32 Å². The van der Waals surface area contributed by atoms with Crippen LogP contribution in [-0.2, 0) is 0 Å². The van der Waals surface area contributed by atoms with Gasteiger partial charge in [0.2, 0.25) is 0 Å². The van der Waals surface area contributed by atoms with Gasteiger partial charge in [-0.3, -0.25) is 0 Å². The first-order chi connectivity index (χ1) is 7.11. The molecule has 2 heteroatoms. The van der Waals surface area contributed by atoms with Gasteiger partial charge in [0.25, 0.3) is 0 Å². The Kier molecular flexibility index (Phi) is 5.06. The number of aryl methyl sites for hydroxylation is 1. The lowest BCUT2D eigenvalue weighted by Gasteiger charge is -2.24. The highest BCUT2D eigenvalue weighted by atomic mass is 127. The van der Waals surface area contributed by atoms with Gasteiger partial charge >= 0.3 is 0 Å². The van der Waals surface area contributed by atoms with E-state index >= 15 is 0 Å². The summed E-state index contributed by atoms with van der Waals surface area (Å²) in [7, 11) is 2.05. The summed E-state index contributed by atoms with van der Waals surface area (Å²) < 4.78 is 1.40. The molecule has 1 N–H and O–H groups in total. The Labute approximate surface area is 107 Å². The molecule has 0 fully saturated rings. The van der Waals surface area contributed by atoms with Gasteiger partial charge in [0.15, 0.2) is 0 Å². The molecule has 0 saturated carbocycles. The highest BCUT2D eigenvalue weighted by Gasteiger charge is 2.18. The normalized spacial score (nSPS) is 15.0. The minimum absolute atomic E-state index is 0.474. The molecule has 1 aromatic carbocycles. The Balaban J connectivity index is 3.07. The predicted molar refractivity (Wildman–Crippen MR) is 75.2 cm³/mol. The van der Waals surface area contributed by atoms with Crippen molar-refractivity contribution < 1.29 is 0 Å². The van der Waals surface area contributed by atoms with Crippen molar-refractivity contribution >= 4 is 22.6 Å². The summed E-state index contributed by atoms with van der Waals surface area (Å²) in [5, 5.41) is 3.43. The molecule has 2 atom stereocenters. The lowest BCUT2D eigenvalue weighted by molar-refractivity contribution is 0.399. The van der Waals surface area contributed by atoms with Gasteiger partial charge in [-0.2, -0.15) is 0 Å². The standard InChI is InChI=1S/C13H20IN/c1-5-9(2)13(15-4)11-8-6-7-10(3)12(11)14/h6-9,13,15H,5H2,1-4H3. The molecule has 0 aliphatic carbocycles. The van der Waals surface area contributed by atoms with Crippen LogP contribution in [0.15, 0.2) is 18.2 Å². The van der Waals surface area contributed by atoms with Crippen LogP contribution in [0.5, 0.6) is 0 Å². The van der Waals surface area contributed by atoms with Crippen molar-refractivity contribution in [2.45, 2.75) is 33.2 Å². The zero-order valence-electron chi connectivity index (χ0n) is 9.97. The van der Waals surface area contributed by atoms with E-state index in [1.165, 1.54) is 21.1 Å². The minimum Gasteiger partial charge on any atom is -0.313 e. The van der Waals surface area contributed by atoms with E-state index in [9.17, 15) is 0 Å². The fraction of sp³-hybridized carbons (Fsp3) is 0.538. The first-order valence-corrected chi connectivity index (χ1v) is 6.62. The largest absolute Gasteiger partial charge is 0.313 e. The molecule has 84 valence electrons. The average molecular weight is 317 g/mol. The molecule has 15 heavy (non-hydrogen) atoms. The molecule has 0 aliphatic heterocycles. The van der Waals surface area contributed by atoms with Crippen molar-refractivity contribution in [1.29, 1.82) is 0 Å². The van der Waals surface area contributed by atoms with Crippen molar-refractivity contribution in [3.63, 3.8) is 0 Å².